The summed E-state index contributed by atoms with van der Waals surface area (Å²) in [6, 6.07) is 4.67. The number of nitrogens with zero attached hydrogens (tertiary/aromatic N) is 1. The van der Waals surface area contributed by atoms with Gasteiger partial charge in [0.15, 0.2) is 0 Å². The molecule has 2 heteroatoms. The summed E-state index contributed by atoms with van der Waals surface area (Å²) < 4.78 is 1.24. The summed E-state index contributed by atoms with van der Waals surface area (Å²) in [7, 11) is 0. The third-order valence-electron chi connectivity index (χ3n) is 3.48. The quantitative estimate of drug-likeness (QED) is 0.566. The van der Waals surface area contributed by atoms with Gasteiger partial charge in [-0.25, -0.2) is 0 Å². The van der Waals surface area contributed by atoms with Gasteiger partial charge in [-0.05, 0) is 50.6 Å². The number of pyridine rings is 1. The van der Waals surface area contributed by atoms with Gasteiger partial charge in [0.1, 0.15) is 0 Å². The van der Waals surface area contributed by atoms with Crippen LogP contribution in [0.2, 0.25) is 0 Å². The van der Waals surface area contributed by atoms with Gasteiger partial charge < -0.3 is 0 Å². The fraction of sp³-hybridized carbons (Fsp3) is 0.471. The lowest BCUT2D eigenvalue weighted by molar-refractivity contribution is 0.573. The standard InChI is InChI=1S/C17H22IN/c1-16(2,3)12-7-11-9-19-10-14(18)15(11)13(8-12)17(4,5)6/h7-10H,1-6H3. The minimum atomic E-state index is 0.140. The second-order valence-corrected chi connectivity index (χ2v) is 8.41. The summed E-state index contributed by atoms with van der Waals surface area (Å²) in [5, 5.41) is 2.61. The highest BCUT2D eigenvalue weighted by Crippen LogP contribution is 2.36. The predicted molar refractivity (Wildman–Crippen MR) is 91.9 cm³/mol. The van der Waals surface area contributed by atoms with Crippen molar-refractivity contribution in [2.24, 2.45) is 0 Å². The van der Waals surface area contributed by atoms with Crippen molar-refractivity contribution in [1.82, 2.24) is 4.98 Å². The van der Waals surface area contributed by atoms with Crippen LogP contribution < -0.4 is 0 Å². The molecule has 0 bridgehead atoms. The number of benzene rings is 1. The molecule has 1 aromatic carbocycles. The Balaban J connectivity index is 2.89. The van der Waals surface area contributed by atoms with Crippen LogP contribution in [0.15, 0.2) is 24.5 Å². The van der Waals surface area contributed by atoms with Gasteiger partial charge in [-0.2, -0.15) is 0 Å². The van der Waals surface area contributed by atoms with Crippen LogP contribution in [0, 0.1) is 3.57 Å². The molecule has 0 saturated carbocycles. The minimum Gasteiger partial charge on any atom is -0.263 e. The lowest BCUT2D eigenvalue weighted by Crippen LogP contribution is -2.17. The Bertz CT molecular complexity index is 615. The van der Waals surface area contributed by atoms with Crippen LogP contribution in [0.5, 0.6) is 0 Å². The molecule has 1 nitrogen and oxygen atoms in total. The van der Waals surface area contributed by atoms with E-state index in [9.17, 15) is 0 Å². The number of rotatable bonds is 0. The summed E-state index contributed by atoms with van der Waals surface area (Å²) in [4.78, 5) is 4.35. The predicted octanol–water partition coefficient (Wildman–Crippen LogP) is 5.43. The first kappa shape index (κ1) is 14.8. The average molecular weight is 367 g/mol. The second-order valence-electron chi connectivity index (χ2n) is 7.24. The molecule has 0 spiro atoms. The van der Waals surface area contributed by atoms with E-state index in [-0.39, 0.29) is 10.8 Å². The summed E-state index contributed by atoms with van der Waals surface area (Å²) in [5.74, 6) is 0. The molecule has 2 aromatic rings. The van der Waals surface area contributed by atoms with Gasteiger partial charge in [0.25, 0.3) is 0 Å². The first-order valence-electron chi connectivity index (χ1n) is 6.69. The van der Waals surface area contributed by atoms with E-state index in [1.54, 1.807) is 0 Å². The molecule has 19 heavy (non-hydrogen) atoms. The van der Waals surface area contributed by atoms with E-state index in [0.717, 1.165) is 0 Å². The van der Waals surface area contributed by atoms with E-state index in [0.29, 0.717) is 0 Å². The van der Waals surface area contributed by atoms with Crippen molar-refractivity contribution >= 4 is 33.4 Å². The van der Waals surface area contributed by atoms with Crippen LogP contribution in [0.3, 0.4) is 0 Å². The van der Waals surface area contributed by atoms with Gasteiger partial charge in [-0.3, -0.25) is 4.98 Å². The van der Waals surface area contributed by atoms with E-state index in [2.05, 4.69) is 81.3 Å². The van der Waals surface area contributed by atoms with Crippen molar-refractivity contribution in [2.75, 3.05) is 0 Å². The number of aromatic nitrogens is 1. The third-order valence-corrected chi connectivity index (χ3v) is 4.30. The van der Waals surface area contributed by atoms with Crippen molar-refractivity contribution in [3.05, 3.63) is 39.2 Å². The zero-order valence-electron chi connectivity index (χ0n) is 12.6. The van der Waals surface area contributed by atoms with Crippen molar-refractivity contribution in [3.8, 4) is 0 Å². The number of hydrogen-bond acceptors (Lipinski definition) is 1. The highest BCUT2D eigenvalue weighted by Gasteiger charge is 2.23. The first-order valence-corrected chi connectivity index (χ1v) is 7.77. The third kappa shape index (κ3) is 2.93. The Morgan fingerprint density at radius 3 is 2.05 bits per heavy atom. The van der Waals surface area contributed by atoms with Gasteiger partial charge in [0.05, 0.1) is 0 Å². The van der Waals surface area contributed by atoms with E-state index in [1.807, 2.05) is 12.4 Å². The summed E-state index contributed by atoms with van der Waals surface area (Å²) in [6.45, 7) is 13.6. The van der Waals surface area contributed by atoms with Crippen LogP contribution >= 0.6 is 22.6 Å². The molecule has 0 aliphatic carbocycles. The minimum absolute atomic E-state index is 0.140. The SMILES string of the molecule is CC(C)(C)c1cc(C(C)(C)C)c2c(I)cncc2c1. The number of halogens is 1. The molecule has 102 valence electrons. The Morgan fingerprint density at radius 1 is 0.895 bits per heavy atom. The zero-order chi connectivity index (χ0) is 14.4. The molecule has 1 aromatic heterocycles. The highest BCUT2D eigenvalue weighted by atomic mass is 127. The molecule has 0 aliphatic rings. The largest absolute Gasteiger partial charge is 0.263 e. The average Bonchev–Trinajstić information content (AvgIpc) is 2.25. The summed E-state index contributed by atoms with van der Waals surface area (Å²) in [5.41, 5.74) is 3.10. The molecule has 0 aliphatic heterocycles. The molecule has 0 radical (unpaired) electrons. The zero-order valence-corrected chi connectivity index (χ0v) is 14.8. The van der Waals surface area contributed by atoms with E-state index in [1.165, 1.54) is 25.5 Å². The second kappa shape index (κ2) is 4.72. The lowest BCUT2D eigenvalue weighted by Gasteiger charge is -2.27. The Morgan fingerprint density at radius 2 is 1.53 bits per heavy atom. The Kier molecular flexibility index (Phi) is 3.67. The van der Waals surface area contributed by atoms with E-state index < -0.39 is 0 Å². The molecule has 0 unspecified atom stereocenters. The maximum Gasteiger partial charge on any atom is 0.0408 e. The highest BCUT2D eigenvalue weighted by molar-refractivity contribution is 14.1. The number of hydrogen-bond donors (Lipinski definition) is 0. The Labute approximate surface area is 130 Å². The maximum atomic E-state index is 4.35. The monoisotopic (exact) mass is 367 g/mol. The van der Waals surface area contributed by atoms with Crippen LogP contribution in [0.25, 0.3) is 10.8 Å². The molecular weight excluding hydrogens is 345 g/mol. The van der Waals surface area contributed by atoms with Gasteiger partial charge in [-0.1, -0.05) is 47.6 Å². The molecule has 1 heterocycles. The molecule has 0 fully saturated rings. The van der Waals surface area contributed by atoms with Crippen molar-refractivity contribution < 1.29 is 0 Å². The van der Waals surface area contributed by atoms with Crippen molar-refractivity contribution in [3.63, 3.8) is 0 Å². The fourth-order valence-electron chi connectivity index (χ4n) is 2.30. The number of fused-ring (bicyclic) bond motifs is 1. The van der Waals surface area contributed by atoms with E-state index in [4.69, 9.17) is 0 Å². The molecule has 0 N–H and O–H groups in total. The first-order chi connectivity index (χ1) is 8.60. The molecule has 2 rings (SSSR count). The normalized spacial score (nSPS) is 13.0. The van der Waals surface area contributed by atoms with Gasteiger partial charge in [-0.15, -0.1) is 0 Å². The van der Waals surface area contributed by atoms with Crippen molar-refractivity contribution in [2.45, 2.75) is 52.4 Å². The van der Waals surface area contributed by atoms with Gasteiger partial charge >= 0.3 is 0 Å². The van der Waals surface area contributed by atoms with Crippen LogP contribution in [0.1, 0.15) is 52.7 Å². The topological polar surface area (TPSA) is 12.9 Å². The van der Waals surface area contributed by atoms with Crippen molar-refractivity contribution in [1.29, 1.82) is 0 Å². The van der Waals surface area contributed by atoms with Crippen LogP contribution in [-0.2, 0) is 10.8 Å². The maximum absolute atomic E-state index is 4.35. The lowest BCUT2D eigenvalue weighted by atomic mass is 9.78. The molecule has 0 atom stereocenters. The van der Waals surface area contributed by atoms with Crippen LogP contribution in [0.4, 0.5) is 0 Å². The van der Waals surface area contributed by atoms with Crippen LogP contribution in [-0.4, -0.2) is 4.98 Å². The summed E-state index contributed by atoms with van der Waals surface area (Å²) in [6.07, 6.45) is 3.94. The van der Waals surface area contributed by atoms with Gasteiger partial charge in [0.2, 0.25) is 0 Å². The smallest absolute Gasteiger partial charge is 0.0408 e. The van der Waals surface area contributed by atoms with E-state index >= 15 is 0 Å². The van der Waals surface area contributed by atoms with Gasteiger partial charge in [0, 0.05) is 26.7 Å². The fourth-order valence-corrected chi connectivity index (χ4v) is 3.07. The Hall–Kier alpha value is -0.640. The molecule has 0 amide bonds. The molecular formula is C17H22IN. The summed E-state index contributed by atoms with van der Waals surface area (Å²) >= 11 is 2.39. The molecule has 0 saturated heterocycles.